The Kier molecular flexibility index (Phi) is 5.01. The summed E-state index contributed by atoms with van der Waals surface area (Å²) >= 11 is 0. The highest BCUT2D eigenvalue weighted by Crippen LogP contribution is 2.08. The van der Waals surface area contributed by atoms with Gasteiger partial charge in [0.15, 0.2) is 0 Å². The molecule has 1 fully saturated rings. The van der Waals surface area contributed by atoms with Gasteiger partial charge in [-0.05, 0) is 25.9 Å². The molecule has 1 rings (SSSR count). The zero-order valence-corrected chi connectivity index (χ0v) is 8.06. The summed E-state index contributed by atoms with van der Waals surface area (Å²) < 4.78 is 0. The van der Waals surface area contributed by atoms with Gasteiger partial charge in [0.05, 0.1) is 0 Å². The molecule has 0 aromatic rings. The van der Waals surface area contributed by atoms with Crippen molar-refractivity contribution < 1.29 is 4.79 Å². The highest BCUT2D eigenvalue weighted by molar-refractivity contribution is 5.85. The molecule has 0 atom stereocenters. The van der Waals surface area contributed by atoms with Gasteiger partial charge in [-0.2, -0.15) is 0 Å². The largest absolute Gasteiger partial charge is 0.351 e. The van der Waals surface area contributed by atoms with Crippen molar-refractivity contribution in [2.75, 3.05) is 20.1 Å². The molecule has 0 saturated carbocycles. The maximum atomic E-state index is 10.7. The minimum atomic E-state index is -0.322. The SMILES string of the molecule is CN(C(N)=O)C1CCNCC1.Cl. The molecule has 1 saturated heterocycles. The highest BCUT2D eigenvalue weighted by Gasteiger charge is 2.19. The van der Waals surface area contributed by atoms with Crippen molar-refractivity contribution in [2.45, 2.75) is 18.9 Å². The molecule has 0 bridgehead atoms. The number of urea groups is 1. The maximum absolute atomic E-state index is 10.7. The quantitative estimate of drug-likeness (QED) is 0.624. The first-order valence-corrected chi connectivity index (χ1v) is 3.95. The molecular formula is C7H16ClN3O. The van der Waals surface area contributed by atoms with Crippen LogP contribution in [0.25, 0.3) is 0 Å². The van der Waals surface area contributed by atoms with Gasteiger partial charge in [0.2, 0.25) is 0 Å². The summed E-state index contributed by atoms with van der Waals surface area (Å²) in [5.74, 6) is 0. The molecule has 0 unspecified atom stereocenters. The van der Waals surface area contributed by atoms with Crippen LogP contribution in [0.5, 0.6) is 0 Å². The van der Waals surface area contributed by atoms with E-state index < -0.39 is 0 Å². The number of piperidine rings is 1. The molecule has 0 aliphatic carbocycles. The average Bonchev–Trinajstić information content (AvgIpc) is 2.05. The Morgan fingerprint density at radius 2 is 2.00 bits per heavy atom. The fourth-order valence-corrected chi connectivity index (χ4v) is 1.37. The molecule has 3 N–H and O–H groups in total. The second-order valence-electron chi connectivity index (χ2n) is 2.93. The predicted molar refractivity (Wildman–Crippen MR) is 50.5 cm³/mol. The summed E-state index contributed by atoms with van der Waals surface area (Å²) in [5.41, 5.74) is 5.13. The van der Waals surface area contributed by atoms with E-state index in [0.717, 1.165) is 25.9 Å². The minimum absolute atomic E-state index is 0. The van der Waals surface area contributed by atoms with Crippen LogP contribution in [0.1, 0.15) is 12.8 Å². The average molecular weight is 194 g/mol. The van der Waals surface area contributed by atoms with Crippen molar-refractivity contribution in [3.05, 3.63) is 0 Å². The molecule has 4 nitrogen and oxygen atoms in total. The minimum Gasteiger partial charge on any atom is -0.351 e. The first kappa shape index (κ1) is 11.5. The number of nitrogens with one attached hydrogen (secondary N) is 1. The molecule has 0 spiro atoms. The normalized spacial score (nSPS) is 18.1. The van der Waals surface area contributed by atoms with Gasteiger partial charge in [-0.1, -0.05) is 0 Å². The Labute approximate surface area is 78.9 Å². The number of carbonyl (C=O) groups excluding carboxylic acids is 1. The van der Waals surface area contributed by atoms with E-state index in [0.29, 0.717) is 6.04 Å². The van der Waals surface area contributed by atoms with Crippen LogP contribution >= 0.6 is 12.4 Å². The third-order valence-electron chi connectivity index (χ3n) is 2.20. The number of carbonyl (C=O) groups is 1. The number of nitrogens with two attached hydrogens (primary N) is 1. The Hall–Kier alpha value is -0.480. The van der Waals surface area contributed by atoms with Gasteiger partial charge in [-0.25, -0.2) is 4.79 Å². The number of hydrogen-bond acceptors (Lipinski definition) is 2. The third-order valence-corrected chi connectivity index (χ3v) is 2.20. The predicted octanol–water partition coefficient (Wildman–Crippen LogP) is 0.171. The van der Waals surface area contributed by atoms with Gasteiger partial charge in [0.1, 0.15) is 0 Å². The van der Waals surface area contributed by atoms with Crippen molar-refractivity contribution in [1.29, 1.82) is 0 Å². The molecule has 5 heteroatoms. The molecule has 1 aliphatic heterocycles. The van der Waals surface area contributed by atoms with Crippen LogP contribution in [0.3, 0.4) is 0 Å². The van der Waals surface area contributed by atoms with Crippen molar-refractivity contribution in [3.8, 4) is 0 Å². The van der Waals surface area contributed by atoms with Crippen LogP contribution < -0.4 is 11.1 Å². The first-order valence-electron chi connectivity index (χ1n) is 3.95. The Balaban J connectivity index is 0.00000121. The molecule has 2 amide bonds. The smallest absolute Gasteiger partial charge is 0.314 e. The first-order chi connectivity index (χ1) is 5.22. The third kappa shape index (κ3) is 2.87. The lowest BCUT2D eigenvalue weighted by atomic mass is 10.1. The zero-order chi connectivity index (χ0) is 8.27. The van der Waals surface area contributed by atoms with Gasteiger partial charge in [0.25, 0.3) is 0 Å². The molecule has 12 heavy (non-hydrogen) atoms. The lowest BCUT2D eigenvalue weighted by Crippen LogP contribution is -2.46. The number of rotatable bonds is 1. The molecule has 72 valence electrons. The number of halogens is 1. The number of primary amides is 1. The van der Waals surface area contributed by atoms with E-state index in [1.165, 1.54) is 0 Å². The van der Waals surface area contributed by atoms with Crippen LogP contribution in [-0.4, -0.2) is 37.1 Å². The van der Waals surface area contributed by atoms with Crippen LogP contribution in [0.15, 0.2) is 0 Å². The van der Waals surface area contributed by atoms with E-state index in [9.17, 15) is 4.79 Å². The standard InChI is InChI=1S/C7H15N3O.ClH/c1-10(7(8)11)6-2-4-9-5-3-6;/h6,9H,2-5H2,1H3,(H2,8,11);1H. The second kappa shape index (κ2) is 5.22. The number of amides is 2. The number of nitrogens with zero attached hydrogens (tertiary/aromatic N) is 1. The van der Waals surface area contributed by atoms with Crippen molar-refractivity contribution in [1.82, 2.24) is 10.2 Å². The monoisotopic (exact) mass is 193 g/mol. The van der Waals surface area contributed by atoms with E-state index in [1.807, 2.05) is 0 Å². The van der Waals surface area contributed by atoms with Gasteiger partial charge in [-0.3, -0.25) is 0 Å². The van der Waals surface area contributed by atoms with E-state index in [1.54, 1.807) is 11.9 Å². The Morgan fingerprint density at radius 1 is 1.50 bits per heavy atom. The van der Waals surface area contributed by atoms with E-state index in [4.69, 9.17) is 5.73 Å². The second-order valence-corrected chi connectivity index (χ2v) is 2.93. The van der Waals surface area contributed by atoms with Crippen LogP contribution in [0, 0.1) is 0 Å². The summed E-state index contributed by atoms with van der Waals surface area (Å²) in [5, 5.41) is 3.23. The van der Waals surface area contributed by atoms with Crippen LogP contribution in [-0.2, 0) is 0 Å². The fourth-order valence-electron chi connectivity index (χ4n) is 1.37. The Bertz CT molecular complexity index is 148. The van der Waals surface area contributed by atoms with E-state index in [-0.39, 0.29) is 18.4 Å². The van der Waals surface area contributed by atoms with E-state index in [2.05, 4.69) is 5.32 Å². The fraction of sp³-hybridized carbons (Fsp3) is 0.857. The van der Waals surface area contributed by atoms with Gasteiger partial charge in [0, 0.05) is 13.1 Å². The van der Waals surface area contributed by atoms with E-state index >= 15 is 0 Å². The summed E-state index contributed by atoms with van der Waals surface area (Å²) in [6, 6.07) is 0.0191. The molecule has 0 radical (unpaired) electrons. The number of hydrogen-bond donors (Lipinski definition) is 2. The molecule has 1 aliphatic rings. The molecular weight excluding hydrogens is 178 g/mol. The summed E-state index contributed by atoms with van der Waals surface area (Å²) in [4.78, 5) is 12.4. The lowest BCUT2D eigenvalue weighted by Gasteiger charge is -2.30. The summed E-state index contributed by atoms with van der Waals surface area (Å²) in [6.07, 6.45) is 2.03. The van der Waals surface area contributed by atoms with Gasteiger partial charge < -0.3 is 16.0 Å². The molecule has 1 heterocycles. The molecule has 0 aromatic carbocycles. The van der Waals surface area contributed by atoms with Crippen LogP contribution in [0.4, 0.5) is 4.79 Å². The van der Waals surface area contributed by atoms with Crippen molar-refractivity contribution >= 4 is 18.4 Å². The topological polar surface area (TPSA) is 58.4 Å². The van der Waals surface area contributed by atoms with Crippen molar-refractivity contribution in [2.24, 2.45) is 5.73 Å². The zero-order valence-electron chi connectivity index (χ0n) is 7.25. The highest BCUT2D eigenvalue weighted by atomic mass is 35.5. The lowest BCUT2D eigenvalue weighted by molar-refractivity contribution is 0.185. The molecule has 0 aromatic heterocycles. The maximum Gasteiger partial charge on any atom is 0.314 e. The van der Waals surface area contributed by atoms with Gasteiger partial charge in [-0.15, -0.1) is 12.4 Å². The summed E-state index contributed by atoms with van der Waals surface area (Å²) in [6.45, 7) is 1.98. The van der Waals surface area contributed by atoms with Crippen LogP contribution in [0.2, 0.25) is 0 Å². The summed E-state index contributed by atoms with van der Waals surface area (Å²) in [7, 11) is 1.76. The Morgan fingerprint density at radius 3 is 2.42 bits per heavy atom. The van der Waals surface area contributed by atoms with Crippen molar-refractivity contribution in [3.63, 3.8) is 0 Å². The van der Waals surface area contributed by atoms with Gasteiger partial charge >= 0.3 is 6.03 Å².